The summed E-state index contributed by atoms with van der Waals surface area (Å²) >= 11 is 0. The van der Waals surface area contributed by atoms with Crippen LogP contribution in [0.2, 0.25) is 0 Å². The largest absolute Gasteiger partial charge is 0.493 e. The van der Waals surface area contributed by atoms with E-state index in [-0.39, 0.29) is 29.7 Å². The smallest absolute Gasteiger partial charge is 0.262 e. The molecule has 2 aliphatic rings. The van der Waals surface area contributed by atoms with Crippen molar-refractivity contribution in [3.8, 4) is 22.6 Å². The van der Waals surface area contributed by atoms with Crippen LogP contribution in [0.4, 0.5) is 10.1 Å². The van der Waals surface area contributed by atoms with E-state index < -0.39 is 11.7 Å². The fourth-order valence-electron chi connectivity index (χ4n) is 3.89. The second-order valence-electron chi connectivity index (χ2n) is 7.95. The zero-order valence-electron chi connectivity index (χ0n) is 17.2. The minimum Gasteiger partial charge on any atom is -0.493 e. The van der Waals surface area contributed by atoms with Gasteiger partial charge in [-0.1, -0.05) is 42.5 Å². The van der Waals surface area contributed by atoms with Crippen molar-refractivity contribution in [1.82, 2.24) is 4.90 Å². The van der Waals surface area contributed by atoms with Gasteiger partial charge < -0.3 is 19.7 Å². The number of anilines is 1. The van der Waals surface area contributed by atoms with Crippen molar-refractivity contribution in [2.75, 3.05) is 31.6 Å². The third-order valence-corrected chi connectivity index (χ3v) is 5.60. The van der Waals surface area contributed by atoms with Crippen molar-refractivity contribution in [2.45, 2.75) is 0 Å². The summed E-state index contributed by atoms with van der Waals surface area (Å²) in [5.74, 6) is -0.239. The fourth-order valence-corrected chi connectivity index (χ4v) is 3.89. The Bertz CT molecular complexity index is 1180. The molecule has 2 amide bonds. The fraction of sp³-hybridized carbons (Fsp3) is 0.200. The molecule has 0 bridgehead atoms. The van der Waals surface area contributed by atoms with Crippen molar-refractivity contribution in [3.63, 3.8) is 0 Å². The number of hydrogen-bond donors (Lipinski definition) is 1. The minimum atomic E-state index is -0.665. The number of amides is 2. The van der Waals surface area contributed by atoms with Crippen molar-refractivity contribution in [2.24, 2.45) is 5.92 Å². The van der Waals surface area contributed by atoms with Gasteiger partial charge in [0.25, 0.3) is 11.8 Å². The van der Waals surface area contributed by atoms with Crippen LogP contribution in [0.3, 0.4) is 0 Å². The van der Waals surface area contributed by atoms with E-state index in [9.17, 15) is 14.0 Å². The molecular formula is C25H21FN2O4. The van der Waals surface area contributed by atoms with Gasteiger partial charge in [0.15, 0.2) is 6.61 Å². The molecule has 0 saturated carbocycles. The molecule has 3 aromatic rings. The van der Waals surface area contributed by atoms with Crippen LogP contribution in [0.5, 0.6) is 11.5 Å². The van der Waals surface area contributed by atoms with Crippen LogP contribution in [0.25, 0.3) is 11.1 Å². The van der Waals surface area contributed by atoms with Crippen LogP contribution in [-0.2, 0) is 4.79 Å². The maximum atomic E-state index is 14.4. The lowest BCUT2D eigenvalue weighted by Crippen LogP contribution is -2.52. The molecule has 32 heavy (non-hydrogen) atoms. The Morgan fingerprint density at radius 2 is 1.84 bits per heavy atom. The quantitative estimate of drug-likeness (QED) is 0.663. The average Bonchev–Trinajstić information content (AvgIpc) is 2.78. The van der Waals surface area contributed by atoms with E-state index in [0.717, 1.165) is 22.9 Å². The van der Waals surface area contributed by atoms with Crippen LogP contribution in [0.15, 0.2) is 66.7 Å². The van der Waals surface area contributed by atoms with E-state index >= 15 is 0 Å². The number of nitrogens with one attached hydrogen (secondary N) is 1. The summed E-state index contributed by atoms with van der Waals surface area (Å²) < 4.78 is 25.6. The van der Waals surface area contributed by atoms with Crippen LogP contribution in [-0.4, -0.2) is 43.0 Å². The second kappa shape index (κ2) is 8.34. The molecule has 0 aromatic heterocycles. The van der Waals surface area contributed by atoms with Crippen LogP contribution >= 0.6 is 0 Å². The summed E-state index contributed by atoms with van der Waals surface area (Å²) in [4.78, 5) is 25.8. The zero-order valence-corrected chi connectivity index (χ0v) is 17.2. The molecule has 7 heteroatoms. The first kappa shape index (κ1) is 20.1. The lowest BCUT2D eigenvalue weighted by molar-refractivity contribution is -0.118. The third-order valence-electron chi connectivity index (χ3n) is 5.60. The number of likely N-dealkylation sites (tertiary alicyclic amines) is 1. The highest BCUT2D eigenvalue weighted by molar-refractivity contribution is 6.00. The number of carbonyl (C=O) groups excluding carboxylic acids is 2. The van der Waals surface area contributed by atoms with Crippen LogP contribution in [0.1, 0.15) is 10.4 Å². The minimum absolute atomic E-state index is 0.0792. The van der Waals surface area contributed by atoms with Crippen molar-refractivity contribution in [3.05, 3.63) is 78.1 Å². The van der Waals surface area contributed by atoms with E-state index in [2.05, 4.69) is 5.32 Å². The Balaban J connectivity index is 1.18. The number of halogens is 1. The van der Waals surface area contributed by atoms with E-state index in [0.29, 0.717) is 25.4 Å². The number of nitrogens with zero attached hydrogens (tertiary/aromatic N) is 1. The molecule has 6 nitrogen and oxygen atoms in total. The molecule has 162 valence electrons. The van der Waals surface area contributed by atoms with Gasteiger partial charge in [-0.3, -0.25) is 9.59 Å². The van der Waals surface area contributed by atoms with Gasteiger partial charge in [-0.2, -0.15) is 0 Å². The summed E-state index contributed by atoms with van der Waals surface area (Å²) in [5, 5.41) is 2.60. The lowest BCUT2D eigenvalue weighted by Gasteiger charge is -2.39. The van der Waals surface area contributed by atoms with E-state index in [4.69, 9.17) is 9.47 Å². The van der Waals surface area contributed by atoms with Gasteiger partial charge in [0, 0.05) is 25.1 Å². The molecule has 0 aliphatic carbocycles. The standard InChI is InChI=1S/C25H21FN2O4/c26-21-11-23-22(27-24(29)15-32-23)10-20(21)25(30)28-12-16(13-28)14-31-19-8-4-7-18(9-19)17-5-2-1-3-6-17/h1-11,16H,12-15H2,(H,27,29). The van der Waals surface area contributed by atoms with Gasteiger partial charge >= 0.3 is 0 Å². The zero-order chi connectivity index (χ0) is 22.1. The summed E-state index contributed by atoms with van der Waals surface area (Å²) in [6, 6.07) is 20.4. The van der Waals surface area contributed by atoms with Crippen molar-refractivity contribution in [1.29, 1.82) is 0 Å². The Labute approximate surface area is 184 Å². The summed E-state index contributed by atoms with van der Waals surface area (Å²) in [6.07, 6.45) is 0. The Morgan fingerprint density at radius 1 is 1.06 bits per heavy atom. The maximum Gasteiger partial charge on any atom is 0.262 e. The molecular weight excluding hydrogens is 411 g/mol. The van der Waals surface area contributed by atoms with Gasteiger partial charge in [0.1, 0.15) is 17.3 Å². The van der Waals surface area contributed by atoms with E-state index in [1.165, 1.54) is 6.07 Å². The van der Waals surface area contributed by atoms with Gasteiger partial charge in [-0.05, 0) is 29.3 Å². The van der Waals surface area contributed by atoms with Gasteiger partial charge in [-0.25, -0.2) is 4.39 Å². The monoisotopic (exact) mass is 432 g/mol. The van der Waals surface area contributed by atoms with Gasteiger partial charge in [0.05, 0.1) is 17.9 Å². The van der Waals surface area contributed by atoms with E-state index in [1.54, 1.807) is 4.90 Å². The lowest BCUT2D eigenvalue weighted by atomic mass is 9.99. The molecule has 2 heterocycles. The molecule has 0 radical (unpaired) electrons. The Morgan fingerprint density at radius 3 is 2.66 bits per heavy atom. The molecule has 0 unspecified atom stereocenters. The molecule has 2 aliphatic heterocycles. The van der Waals surface area contributed by atoms with Crippen LogP contribution in [0, 0.1) is 11.7 Å². The topological polar surface area (TPSA) is 67.9 Å². The highest BCUT2D eigenvalue weighted by Gasteiger charge is 2.33. The predicted octanol–water partition coefficient (Wildman–Crippen LogP) is 3.97. The summed E-state index contributed by atoms with van der Waals surface area (Å²) in [5.41, 5.74) is 2.42. The highest BCUT2D eigenvalue weighted by atomic mass is 19.1. The van der Waals surface area contributed by atoms with Crippen molar-refractivity contribution >= 4 is 17.5 Å². The summed E-state index contributed by atoms with van der Waals surface area (Å²) in [7, 11) is 0. The van der Waals surface area contributed by atoms with Gasteiger partial charge in [0.2, 0.25) is 0 Å². The molecule has 3 aromatic carbocycles. The number of benzene rings is 3. The first-order valence-corrected chi connectivity index (χ1v) is 10.4. The average molecular weight is 432 g/mol. The molecule has 1 N–H and O–H groups in total. The number of rotatable bonds is 5. The van der Waals surface area contributed by atoms with Crippen LogP contribution < -0.4 is 14.8 Å². The number of ether oxygens (including phenoxy) is 2. The molecule has 1 fully saturated rings. The Kier molecular flexibility index (Phi) is 5.23. The first-order chi connectivity index (χ1) is 15.6. The number of fused-ring (bicyclic) bond motifs is 1. The molecule has 0 spiro atoms. The maximum absolute atomic E-state index is 14.4. The molecule has 0 atom stereocenters. The summed E-state index contributed by atoms with van der Waals surface area (Å²) in [6.45, 7) is 1.27. The van der Waals surface area contributed by atoms with Crippen molar-refractivity contribution < 1.29 is 23.5 Å². The SMILES string of the molecule is O=C1COc2cc(F)c(C(=O)N3CC(COc4cccc(-c5ccccc5)c4)C3)cc2N1. The number of carbonyl (C=O) groups is 2. The highest BCUT2D eigenvalue weighted by Crippen LogP contribution is 2.32. The second-order valence-corrected chi connectivity index (χ2v) is 7.95. The van der Waals surface area contributed by atoms with Gasteiger partial charge in [-0.15, -0.1) is 0 Å². The predicted molar refractivity (Wildman–Crippen MR) is 117 cm³/mol. The molecule has 5 rings (SSSR count). The molecule has 1 saturated heterocycles. The normalized spacial score (nSPS) is 15.3. The third kappa shape index (κ3) is 4.01. The Hall–Kier alpha value is -3.87. The van der Waals surface area contributed by atoms with E-state index in [1.807, 2.05) is 54.6 Å². The first-order valence-electron chi connectivity index (χ1n) is 10.4. The number of hydrogen-bond acceptors (Lipinski definition) is 4.